The first-order valence-electron chi connectivity index (χ1n) is 9.64. The number of imide groups is 1. The summed E-state index contributed by atoms with van der Waals surface area (Å²) >= 11 is 0. The Bertz CT molecular complexity index is 1010. The number of carbonyl (C=O) groups is 3. The highest BCUT2D eigenvalue weighted by molar-refractivity contribution is 6.08. The van der Waals surface area contributed by atoms with Crippen LogP contribution in [-0.4, -0.2) is 29.4 Å². The molecule has 1 saturated heterocycles. The van der Waals surface area contributed by atoms with E-state index < -0.39 is 35.8 Å². The quantitative estimate of drug-likeness (QED) is 0.471. The Labute approximate surface area is 175 Å². The molecular formula is C23H25FN2O4. The molecule has 3 amide bonds. The van der Waals surface area contributed by atoms with E-state index in [4.69, 9.17) is 4.74 Å². The third kappa shape index (κ3) is 4.06. The monoisotopic (exact) mass is 412 g/mol. The van der Waals surface area contributed by atoms with Crippen molar-refractivity contribution in [3.05, 3.63) is 65.0 Å². The molecule has 6 nitrogen and oxygen atoms in total. The van der Waals surface area contributed by atoms with E-state index in [0.29, 0.717) is 11.3 Å². The van der Waals surface area contributed by atoms with Gasteiger partial charge in [-0.2, -0.15) is 0 Å². The number of hydrogen-bond acceptors (Lipinski definition) is 4. The Hall–Kier alpha value is -3.22. The van der Waals surface area contributed by atoms with Crippen LogP contribution in [0.3, 0.4) is 0 Å². The van der Waals surface area contributed by atoms with Crippen LogP contribution in [0.25, 0.3) is 0 Å². The van der Waals surface area contributed by atoms with Crippen LogP contribution in [0.15, 0.2) is 42.5 Å². The number of carbonyl (C=O) groups excluding carboxylic acids is 3. The Balaban J connectivity index is 1.73. The van der Waals surface area contributed by atoms with Crippen molar-refractivity contribution in [2.24, 2.45) is 0 Å². The Kier molecular flexibility index (Phi) is 5.41. The van der Waals surface area contributed by atoms with E-state index in [2.05, 4.69) is 26.1 Å². The minimum absolute atomic E-state index is 0.0435. The van der Waals surface area contributed by atoms with E-state index in [1.165, 1.54) is 31.2 Å². The van der Waals surface area contributed by atoms with Crippen LogP contribution in [0.2, 0.25) is 0 Å². The summed E-state index contributed by atoms with van der Waals surface area (Å²) in [6, 6.07) is 10.1. The molecule has 1 unspecified atom stereocenters. The zero-order valence-electron chi connectivity index (χ0n) is 17.7. The second-order valence-electron chi connectivity index (χ2n) is 8.66. The zero-order valence-corrected chi connectivity index (χ0v) is 17.7. The number of hydrogen-bond donors (Lipinski definition) is 1. The molecule has 3 rings (SSSR count). The van der Waals surface area contributed by atoms with Crippen LogP contribution in [0.1, 0.15) is 44.4 Å². The Morgan fingerprint density at radius 1 is 1.13 bits per heavy atom. The van der Waals surface area contributed by atoms with Gasteiger partial charge in [-0.05, 0) is 54.2 Å². The first-order valence-corrected chi connectivity index (χ1v) is 9.64. The van der Waals surface area contributed by atoms with Gasteiger partial charge in [0.2, 0.25) is 0 Å². The fourth-order valence-electron chi connectivity index (χ4n) is 3.33. The van der Waals surface area contributed by atoms with Gasteiger partial charge in [0.1, 0.15) is 23.7 Å². The third-order valence-corrected chi connectivity index (χ3v) is 5.25. The lowest BCUT2D eigenvalue weighted by molar-refractivity contribution is -0.141. The van der Waals surface area contributed by atoms with Gasteiger partial charge in [0, 0.05) is 0 Å². The Morgan fingerprint density at radius 3 is 2.33 bits per heavy atom. The highest BCUT2D eigenvalue weighted by atomic mass is 19.1. The number of halogens is 1. The summed E-state index contributed by atoms with van der Waals surface area (Å²) in [6.07, 6.45) is 0. The van der Waals surface area contributed by atoms with Crippen molar-refractivity contribution in [3.63, 3.8) is 0 Å². The summed E-state index contributed by atoms with van der Waals surface area (Å²) in [4.78, 5) is 38.5. The molecule has 7 heteroatoms. The summed E-state index contributed by atoms with van der Waals surface area (Å²) in [5, 5.41) is 2.58. The summed E-state index contributed by atoms with van der Waals surface area (Å²) in [5.41, 5.74) is 0.882. The highest BCUT2D eigenvalue weighted by Crippen LogP contribution is 2.30. The van der Waals surface area contributed by atoms with Crippen molar-refractivity contribution in [2.75, 3.05) is 6.54 Å². The molecule has 1 atom stereocenters. The summed E-state index contributed by atoms with van der Waals surface area (Å²) in [5.74, 6) is -1.40. The predicted octanol–water partition coefficient (Wildman–Crippen LogP) is 3.80. The average Bonchev–Trinajstić information content (AvgIpc) is 2.87. The molecular weight excluding hydrogens is 387 g/mol. The molecule has 1 fully saturated rings. The molecule has 0 saturated carbocycles. The standard InChI is InChI=1S/C23H25FN2O4/c1-14-12-16(22(2,3)4)8-11-18(14)30-19(27)13-26-20(28)23(5,25-21(26)29)15-6-9-17(24)10-7-15/h6-12H,13H2,1-5H3,(H,25,29). The number of aryl methyl sites for hydroxylation is 1. The molecule has 2 aromatic rings. The van der Waals surface area contributed by atoms with Gasteiger partial charge in [-0.25, -0.2) is 14.0 Å². The molecule has 0 aromatic heterocycles. The van der Waals surface area contributed by atoms with Crippen LogP contribution in [0.5, 0.6) is 5.75 Å². The van der Waals surface area contributed by atoms with Gasteiger partial charge < -0.3 is 10.1 Å². The summed E-state index contributed by atoms with van der Waals surface area (Å²) in [7, 11) is 0. The van der Waals surface area contributed by atoms with Gasteiger partial charge in [-0.3, -0.25) is 9.69 Å². The molecule has 0 spiro atoms. The van der Waals surface area contributed by atoms with Crippen LogP contribution >= 0.6 is 0 Å². The van der Waals surface area contributed by atoms with Crippen LogP contribution < -0.4 is 10.1 Å². The molecule has 158 valence electrons. The van der Waals surface area contributed by atoms with Crippen LogP contribution in [-0.2, 0) is 20.5 Å². The fraction of sp³-hybridized carbons (Fsp3) is 0.348. The van der Waals surface area contributed by atoms with E-state index in [1.54, 1.807) is 6.07 Å². The van der Waals surface area contributed by atoms with E-state index in [-0.39, 0.29) is 5.41 Å². The van der Waals surface area contributed by atoms with Crippen molar-refractivity contribution < 1.29 is 23.5 Å². The highest BCUT2D eigenvalue weighted by Gasteiger charge is 2.49. The van der Waals surface area contributed by atoms with Crippen molar-refractivity contribution in [3.8, 4) is 5.75 Å². The van der Waals surface area contributed by atoms with Gasteiger partial charge in [0.15, 0.2) is 0 Å². The largest absolute Gasteiger partial charge is 0.425 e. The number of amides is 3. The van der Waals surface area contributed by atoms with Crippen molar-refractivity contribution >= 4 is 17.9 Å². The maximum Gasteiger partial charge on any atom is 0.331 e. The fourth-order valence-corrected chi connectivity index (χ4v) is 3.33. The van der Waals surface area contributed by atoms with Crippen molar-refractivity contribution in [2.45, 2.75) is 45.6 Å². The number of rotatable bonds is 4. The average molecular weight is 412 g/mol. The number of nitrogens with one attached hydrogen (secondary N) is 1. The maximum absolute atomic E-state index is 13.2. The number of nitrogens with zero attached hydrogens (tertiary/aromatic N) is 1. The van der Waals surface area contributed by atoms with Crippen LogP contribution in [0.4, 0.5) is 9.18 Å². The van der Waals surface area contributed by atoms with Crippen molar-refractivity contribution in [1.29, 1.82) is 0 Å². The predicted molar refractivity (Wildman–Crippen MR) is 110 cm³/mol. The van der Waals surface area contributed by atoms with Gasteiger partial charge in [-0.1, -0.05) is 45.0 Å². The molecule has 0 bridgehead atoms. The first-order chi connectivity index (χ1) is 13.9. The van der Waals surface area contributed by atoms with Gasteiger partial charge in [0.25, 0.3) is 5.91 Å². The lowest BCUT2D eigenvalue weighted by Crippen LogP contribution is -2.42. The minimum atomic E-state index is -1.38. The molecule has 1 aliphatic rings. The molecule has 0 aliphatic carbocycles. The molecule has 2 aromatic carbocycles. The van der Waals surface area contributed by atoms with Crippen LogP contribution in [0, 0.1) is 12.7 Å². The number of esters is 1. The number of ether oxygens (including phenoxy) is 1. The van der Waals surface area contributed by atoms with E-state index in [0.717, 1.165) is 16.0 Å². The molecule has 1 heterocycles. The third-order valence-electron chi connectivity index (χ3n) is 5.25. The summed E-state index contributed by atoms with van der Waals surface area (Å²) in [6.45, 7) is 9.08. The normalized spacial score (nSPS) is 19.1. The topological polar surface area (TPSA) is 75.7 Å². The second kappa shape index (κ2) is 7.55. The van der Waals surface area contributed by atoms with E-state index >= 15 is 0 Å². The van der Waals surface area contributed by atoms with E-state index in [9.17, 15) is 18.8 Å². The molecule has 1 N–H and O–H groups in total. The number of urea groups is 1. The molecule has 0 radical (unpaired) electrons. The maximum atomic E-state index is 13.2. The number of benzene rings is 2. The second-order valence-corrected chi connectivity index (χ2v) is 8.66. The van der Waals surface area contributed by atoms with E-state index in [1.807, 2.05) is 19.1 Å². The van der Waals surface area contributed by atoms with Crippen molar-refractivity contribution in [1.82, 2.24) is 10.2 Å². The smallest absolute Gasteiger partial charge is 0.331 e. The molecule has 30 heavy (non-hydrogen) atoms. The first kappa shape index (κ1) is 21.5. The van der Waals surface area contributed by atoms with Gasteiger partial charge in [-0.15, -0.1) is 0 Å². The SMILES string of the molecule is Cc1cc(C(C)(C)C)ccc1OC(=O)CN1C(=O)NC(C)(c2ccc(F)cc2)C1=O. The lowest BCUT2D eigenvalue weighted by atomic mass is 9.86. The zero-order chi connectivity index (χ0) is 22.3. The Morgan fingerprint density at radius 2 is 1.77 bits per heavy atom. The lowest BCUT2D eigenvalue weighted by Gasteiger charge is -2.22. The minimum Gasteiger partial charge on any atom is -0.425 e. The molecule has 1 aliphatic heterocycles. The van der Waals surface area contributed by atoms with Gasteiger partial charge >= 0.3 is 12.0 Å². The summed E-state index contributed by atoms with van der Waals surface area (Å²) < 4.78 is 18.6. The van der Waals surface area contributed by atoms with Gasteiger partial charge in [0.05, 0.1) is 0 Å².